The van der Waals surface area contributed by atoms with Crippen molar-refractivity contribution < 1.29 is 5.11 Å². The van der Waals surface area contributed by atoms with Gasteiger partial charge < -0.3 is 10.4 Å². The number of hydrogen-bond donors (Lipinski definition) is 2. The van der Waals surface area contributed by atoms with Crippen molar-refractivity contribution in [3.63, 3.8) is 0 Å². The molecule has 2 unspecified atom stereocenters. The predicted octanol–water partition coefficient (Wildman–Crippen LogP) is -0.224. The Labute approximate surface area is 77.6 Å². The lowest BCUT2D eigenvalue weighted by atomic mass is 9.97. The van der Waals surface area contributed by atoms with E-state index in [0.717, 1.165) is 12.2 Å². The van der Waals surface area contributed by atoms with Crippen LogP contribution in [0.15, 0.2) is 6.20 Å². The fourth-order valence-corrected chi connectivity index (χ4v) is 1.96. The maximum atomic E-state index is 9.68. The summed E-state index contributed by atoms with van der Waals surface area (Å²) in [6.07, 6.45) is 1.74. The van der Waals surface area contributed by atoms with Gasteiger partial charge in [-0.15, -0.1) is 0 Å². The summed E-state index contributed by atoms with van der Waals surface area (Å²) in [6.45, 7) is 3.53. The van der Waals surface area contributed by atoms with Gasteiger partial charge in [0.1, 0.15) is 0 Å². The van der Waals surface area contributed by atoms with Crippen LogP contribution in [-0.2, 0) is 7.05 Å². The van der Waals surface area contributed by atoms with Crippen LogP contribution in [0, 0.1) is 6.92 Å². The van der Waals surface area contributed by atoms with Crippen molar-refractivity contribution in [3.05, 3.63) is 17.5 Å². The highest BCUT2D eigenvalue weighted by Crippen LogP contribution is 2.24. The van der Waals surface area contributed by atoms with Crippen molar-refractivity contribution in [2.45, 2.75) is 18.9 Å². The molecule has 0 aliphatic carbocycles. The van der Waals surface area contributed by atoms with E-state index in [-0.39, 0.29) is 12.0 Å². The summed E-state index contributed by atoms with van der Waals surface area (Å²) >= 11 is 0. The molecular formula is C9H15N3O. The minimum Gasteiger partial charge on any atom is -0.391 e. The molecule has 72 valence electrons. The van der Waals surface area contributed by atoms with Crippen LogP contribution >= 0.6 is 0 Å². The quantitative estimate of drug-likeness (QED) is 0.629. The first-order valence-electron chi connectivity index (χ1n) is 4.57. The Balaban J connectivity index is 2.28. The average molecular weight is 181 g/mol. The van der Waals surface area contributed by atoms with Gasteiger partial charge in [0.05, 0.1) is 11.8 Å². The van der Waals surface area contributed by atoms with E-state index in [1.807, 2.05) is 20.2 Å². The van der Waals surface area contributed by atoms with Gasteiger partial charge in [-0.2, -0.15) is 5.10 Å². The predicted molar refractivity (Wildman–Crippen MR) is 49.6 cm³/mol. The summed E-state index contributed by atoms with van der Waals surface area (Å²) in [5, 5.41) is 17.1. The lowest BCUT2D eigenvalue weighted by Gasteiger charge is -2.11. The summed E-state index contributed by atoms with van der Waals surface area (Å²) in [5.74, 6) is 0.216. The van der Waals surface area contributed by atoms with Gasteiger partial charge in [-0.1, -0.05) is 0 Å². The molecule has 2 atom stereocenters. The van der Waals surface area contributed by atoms with Crippen LogP contribution in [0.3, 0.4) is 0 Å². The van der Waals surface area contributed by atoms with Gasteiger partial charge in [0.2, 0.25) is 0 Å². The standard InChI is InChI=1S/C9H15N3O/c1-6-8(5-12(2)11-6)7-3-10-4-9(7)13/h5,7,9-10,13H,3-4H2,1-2H3. The SMILES string of the molecule is Cc1nn(C)cc1C1CNCC1O. The molecule has 4 nitrogen and oxygen atoms in total. The Hall–Kier alpha value is -0.870. The van der Waals surface area contributed by atoms with E-state index >= 15 is 0 Å². The first-order valence-corrected chi connectivity index (χ1v) is 4.57. The number of nitrogens with zero attached hydrogens (tertiary/aromatic N) is 2. The molecule has 0 spiro atoms. The summed E-state index contributed by atoms with van der Waals surface area (Å²) < 4.78 is 1.80. The highest BCUT2D eigenvalue weighted by molar-refractivity contribution is 5.24. The van der Waals surface area contributed by atoms with Crippen LogP contribution < -0.4 is 5.32 Å². The first-order chi connectivity index (χ1) is 6.18. The Morgan fingerprint density at radius 1 is 1.62 bits per heavy atom. The molecule has 0 bridgehead atoms. The monoisotopic (exact) mass is 181 g/mol. The van der Waals surface area contributed by atoms with Crippen LogP contribution in [-0.4, -0.2) is 34.1 Å². The summed E-state index contributed by atoms with van der Waals surface area (Å²) in [7, 11) is 1.91. The highest BCUT2D eigenvalue weighted by atomic mass is 16.3. The van der Waals surface area contributed by atoms with Gasteiger partial charge in [-0.3, -0.25) is 4.68 Å². The van der Waals surface area contributed by atoms with E-state index in [1.165, 1.54) is 5.56 Å². The van der Waals surface area contributed by atoms with Crippen molar-refractivity contribution in [2.75, 3.05) is 13.1 Å². The maximum Gasteiger partial charge on any atom is 0.0746 e. The smallest absolute Gasteiger partial charge is 0.0746 e. The Kier molecular flexibility index (Phi) is 2.09. The second-order valence-electron chi connectivity index (χ2n) is 3.68. The maximum absolute atomic E-state index is 9.68. The highest BCUT2D eigenvalue weighted by Gasteiger charge is 2.28. The molecule has 1 aromatic heterocycles. The minimum atomic E-state index is -0.261. The van der Waals surface area contributed by atoms with Crippen molar-refractivity contribution in [2.24, 2.45) is 7.05 Å². The fraction of sp³-hybridized carbons (Fsp3) is 0.667. The lowest BCUT2D eigenvalue weighted by molar-refractivity contribution is 0.177. The van der Waals surface area contributed by atoms with Gasteiger partial charge in [-0.25, -0.2) is 0 Å². The lowest BCUT2D eigenvalue weighted by Crippen LogP contribution is -2.16. The third-order valence-corrected chi connectivity index (χ3v) is 2.63. The molecule has 1 aromatic rings. The van der Waals surface area contributed by atoms with Crippen molar-refractivity contribution in [1.82, 2.24) is 15.1 Å². The third kappa shape index (κ3) is 1.47. The molecular weight excluding hydrogens is 166 g/mol. The molecule has 4 heteroatoms. The number of aromatic nitrogens is 2. The second-order valence-corrected chi connectivity index (χ2v) is 3.68. The molecule has 1 fully saturated rings. The number of β-amino-alcohol motifs (C(OH)–C–C–N with tert-alkyl or cyclic N) is 1. The zero-order valence-corrected chi connectivity index (χ0v) is 7.99. The number of aryl methyl sites for hydroxylation is 2. The van der Waals surface area contributed by atoms with E-state index in [2.05, 4.69) is 10.4 Å². The summed E-state index contributed by atoms with van der Waals surface area (Å²) in [5.41, 5.74) is 2.19. The summed E-state index contributed by atoms with van der Waals surface area (Å²) in [6, 6.07) is 0. The van der Waals surface area contributed by atoms with Crippen LogP contribution in [0.25, 0.3) is 0 Å². The molecule has 1 aliphatic rings. The Bertz CT molecular complexity index is 308. The molecule has 1 saturated heterocycles. The second kappa shape index (κ2) is 3.12. The van der Waals surface area contributed by atoms with Gasteiger partial charge in [0, 0.05) is 32.3 Å². The first kappa shape index (κ1) is 8.72. The number of aliphatic hydroxyl groups excluding tert-OH is 1. The molecule has 2 N–H and O–H groups in total. The van der Waals surface area contributed by atoms with Crippen LogP contribution in [0.2, 0.25) is 0 Å². The molecule has 0 aromatic carbocycles. The van der Waals surface area contributed by atoms with E-state index in [9.17, 15) is 5.11 Å². The van der Waals surface area contributed by atoms with Crippen LogP contribution in [0.1, 0.15) is 17.2 Å². The van der Waals surface area contributed by atoms with E-state index < -0.39 is 0 Å². The minimum absolute atomic E-state index is 0.216. The Morgan fingerprint density at radius 2 is 2.38 bits per heavy atom. The van der Waals surface area contributed by atoms with Gasteiger partial charge in [0.25, 0.3) is 0 Å². The number of aliphatic hydroxyl groups is 1. The molecule has 1 aliphatic heterocycles. The van der Waals surface area contributed by atoms with Crippen LogP contribution in [0.4, 0.5) is 0 Å². The molecule has 2 rings (SSSR count). The molecule has 0 radical (unpaired) electrons. The third-order valence-electron chi connectivity index (χ3n) is 2.63. The fourth-order valence-electron chi connectivity index (χ4n) is 1.96. The van der Waals surface area contributed by atoms with Gasteiger partial charge in [-0.05, 0) is 12.5 Å². The van der Waals surface area contributed by atoms with E-state index in [1.54, 1.807) is 4.68 Å². The molecule has 0 saturated carbocycles. The van der Waals surface area contributed by atoms with Crippen LogP contribution in [0.5, 0.6) is 0 Å². The molecule has 0 amide bonds. The van der Waals surface area contributed by atoms with Crippen molar-refractivity contribution in [3.8, 4) is 0 Å². The molecule has 13 heavy (non-hydrogen) atoms. The number of rotatable bonds is 1. The van der Waals surface area contributed by atoms with E-state index in [4.69, 9.17) is 0 Å². The average Bonchev–Trinajstić information content (AvgIpc) is 2.58. The normalized spacial score (nSPS) is 28.2. The van der Waals surface area contributed by atoms with Gasteiger partial charge >= 0.3 is 0 Å². The number of nitrogens with one attached hydrogen (secondary N) is 1. The zero-order chi connectivity index (χ0) is 9.42. The Morgan fingerprint density at radius 3 is 2.85 bits per heavy atom. The summed E-state index contributed by atoms with van der Waals surface area (Å²) in [4.78, 5) is 0. The number of hydrogen-bond acceptors (Lipinski definition) is 3. The largest absolute Gasteiger partial charge is 0.391 e. The van der Waals surface area contributed by atoms with Crippen molar-refractivity contribution in [1.29, 1.82) is 0 Å². The van der Waals surface area contributed by atoms with Crippen molar-refractivity contribution >= 4 is 0 Å². The van der Waals surface area contributed by atoms with E-state index in [0.29, 0.717) is 6.54 Å². The molecule has 2 heterocycles. The topological polar surface area (TPSA) is 50.1 Å². The zero-order valence-electron chi connectivity index (χ0n) is 7.99. The van der Waals surface area contributed by atoms with Gasteiger partial charge in [0.15, 0.2) is 0 Å².